The minimum Gasteiger partial charge on any atom is -0.351 e. The molecule has 6 heteroatoms. The first-order valence-electron chi connectivity index (χ1n) is 6.84. The maximum absolute atomic E-state index is 12.0. The van der Waals surface area contributed by atoms with Crippen molar-refractivity contribution in [3.63, 3.8) is 0 Å². The number of carbonyl (C=O) groups is 2. The molecule has 4 N–H and O–H groups in total. The molecule has 1 rings (SSSR count). The van der Waals surface area contributed by atoms with Gasteiger partial charge in [0.1, 0.15) is 0 Å². The zero-order valence-corrected chi connectivity index (χ0v) is 13.5. The molecule has 21 heavy (non-hydrogen) atoms. The van der Waals surface area contributed by atoms with Gasteiger partial charge in [0.2, 0.25) is 5.91 Å². The lowest BCUT2D eigenvalue weighted by atomic mass is 10.1. The molecule has 0 fully saturated rings. The third-order valence-electron chi connectivity index (χ3n) is 2.51. The average molecular weight is 309 g/mol. The van der Waals surface area contributed by atoms with Crippen LogP contribution in [-0.4, -0.2) is 35.4 Å². The largest absolute Gasteiger partial charge is 0.351 e. The van der Waals surface area contributed by atoms with Gasteiger partial charge in [-0.05, 0) is 12.1 Å². The van der Waals surface area contributed by atoms with Crippen molar-refractivity contribution in [1.82, 2.24) is 5.32 Å². The van der Waals surface area contributed by atoms with E-state index in [0.29, 0.717) is 30.1 Å². The quantitative estimate of drug-likeness (QED) is 0.748. The van der Waals surface area contributed by atoms with Crippen LogP contribution in [-0.2, 0) is 4.79 Å². The first-order chi connectivity index (χ1) is 9.83. The minimum absolute atomic E-state index is 0.0232. The lowest BCUT2D eigenvalue weighted by Gasteiger charge is -2.17. The first-order valence-corrected chi connectivity index (χ1v) is 7.83. The number of para-hydroxylation sites is 1. The fraction of sp³-hybridized carbons (Fsp3) is 0.467. The van der Waals surface area contributed by atoms with E-state index in [0.717, 1.165) is 0 Å². The van der Waals surface area contributed by atoms with Gasteiger partial charge in [-0.15, -0.1) is 11.8 Å². The molecular weight excluding hydrogens is 286 g/mol. The highest BCUT2D eigenvalue weighted by Crippen LogP contribution is 2.23. The lowest BCUT2D eigenvalue weighted by molar-refractivity contribution is -0.113. The normalized spacial score (nSPS) is 11.0. The van der Waals surface area contributed by atoms with Gasteiger partial charge >= 0.3 is 0 Å². The van der Waals surface area contributed by atoms with Crippen LogP contribution < -0.4 is 16.4 Å². The van der Waals surface area contributed by atoms with E-state index in [2.05, 4.69) is 31.4 Å². The molecule has 0 saturated carbocycles. The van der Waals surface area contributed by atoms with Crippen molar-refractivity contribution in [1.29, 1.82) is 0 Å². The number of amides is 2. The fourth-order valence-electron chi connectivity index (χ4n) is 1.54. The van der Waals surface area contributed by atoms with Gasteiger partial charge in [0.05, 0.1) is 17.0 Å². The zero-order chi connectivity index (χ0) is 15.9. The second kappa shape index (κ2) is 8.05. The second-order valence-electron chi connectivity index (χ2n) is 5.54. The number of hydrogen-bond acceptors (Lipinski definition) is 4. The summed E-state index contributed by atoms with van der Waals surface area (Å²) in [6.07, 6.45) is 0. The molecular formula is C15H23N3O2S. The van der Waals surface area contributed by atoms with Crippen LogP contribution >= 0.6 is 11.8 Å². The second-order valence-corrected chi connectivity index (χ2v) is 7.34. The van der Waals surface area contributed by atoms with Crippen LogP contribution in [0.4, 0.5) is 5.69 Å². The van der Waals surface area contributed by atoms with Crippen LogP contribution in [0, 0.1) is 0 Å². The Balaban J connectivity index is 2.70. The molecule has 0 aliphatic heterocycles. The molecule has 0 radical (unpaired) electrons. The van der Waals surface area contributed by atoms with Gasteiger partial charge in [0.25, 0.3) is 5.91 Å². The maximum Gasteiger partial charge on any atom is 0.253 e. The third-order valence-corrected chi connectivity index (χ3v) is 3.78. The van der Waals surface area contributed by atoms with Gasteiger partial charge < -0.3 is 16.4 Å². The molecule has 0 aliphatic rings. The highest BCUT2D eigenvalue weighted by Gasteiger charge is 2.16. The molecule has 0 atom stereocenters. The van der Waals surface area contributed by atoms with Gasteiger partial charge in [-0.2, -0.15) is 0 Å². The highest BCUT2D eigenvalue weighted by molar-refractivity contribution is 8.01. The van der Waals surface area contributed by atoms with Crippen molar-refractivity contribution in [3.8, 4) is 0 Å². The molecule has 0 aliphatic carbocycles. The molecule has 0 aromatic heterocycles. The molecule has 0 heterocycles. The van der Waals surface area contributed by atoms with E-state index in [4.69, 9.17) is 5.73 Å². The summed E-state index contributed by atoms with van der Waals surface area (Å²) in [5.41, 5.74) is 6.33. The Labute approximate surface area is 130 Å². The van der Waals surface area contributed by atoms with Gasteiger partial charge in [0, 0.05) is 17.8 Å². The molecule has 0 bridgehead atoms. The fourth-order valence-corrected chi connectivity index (χ4v) is 2.18. The van der Waals surface area contributed by atoms with Crippen LogP contribution in [0.25, 0.3) is 0 Å². The Morgan fingerprint density at radius 1 is 1.24 bits per heavy atom. The summed E-state index contributed by atoms with van der Waals surface area (Å²) < 4.78 is 0.0232. The van der Waals surface area contributed by atoms with E-state index in [9.17, 15) is 9.59 Å². The lowest BCUT2D eigenvalue weighted by Crippen LogP contribution is -2.30. The summed E-state index contributed by atoms with van der Waals surface area (Å²) in [6.45, 7) is 6.95. The molecule has 1 aromatic carbocycles. The SMILES string of the molecule is CC(C)(C)SCC(=O)Nc1ccccc1C(=O)NCCN. The topological polar surface area (TPSA) is 84.2 Å². The van der Waals surface area contributed by atoms with Crippen LogP contribution in [0.2, 0.25) is 0 Å². The number of hydrogen-bond donors (Lipinski definition) is 3. The number of nitrogens with one attached hydrogen (secondary N) is 2. The van der Waals surface area contributed by atoms with Gasteiger partial charge in [-0.1, -0.05) is 32.9 Å². The summed E-state index contributed by atoms with van der Waals surface area (Å²) >= 11 is 1.56. The van der Waals surface area contributed by atoms with Crippen molar-refractivity contribution in [2.24, 2.45) is 5.73 Å². The predicted octanol–water partition coefficient (Wildman–Crippen LogP) is 1.85. The maximum atomic E-state index is 12.0. The van der Waals surface area contributed by atoms with Gasteiger partial charge in [-0.25, -0.2) is 0 Å². The van der Waals surface area contributed by atoms with E-state index in [-0.39, 0.29) is 16.6 Å². The monoisotopic (exact) mass is 309 g/mol. The van der Waals surface area contributed by atoms with E-state index in [1.807, 2.05) is 0 Å². The smallest absolute Gasteiger partial charge is 0.253 e. The molecule has 116 valence electrons. The van der Waals surface area contributed by atoms with Crippen molar-refractivity contribution >= 4 is 29.3 Å². The third kappa shape index (κ3) is 6.64. The number of rotatable bonds is 6. The number of benzene rings is 1. The summed E-state index contributed by atoms with van der Waals surface area (Å²) in [7, 11) is 0. The number of nitrogens with two attached hydrogens (primary N) is 1. The van der Waals surface area contributed by atoms with E-state index in [1.54, 1.807) is 36.0 Å². The summed E-state index contributed by atoms with van der Waals surface area (Å²) in [5, 5.41) is 5.49. The van der Waals surface area contributed by atoms with Crippen LogP contribution in [0.15, 0.2) is 24.3 Å². The van der Waals surface area contributed by atoms with Crippen LogP contribution in [0.3, 0.4) is 0 Å². The number of thioether (sulfide) groups is 1. The zero-order valence-electron chi connectivity index (χ0n) is 12.7. The summed E-state index contributed by atoms with van der Waals surface area (Å²) in [6, 6.07) is 6.94. The average Bonchev–Trinajstić information content (AvgIpc) is 2.42. The Bertz CT molecular complexity index is 498. The molecule has 0 spiro atoms. The standard InChI is InChI=1S/C15H23N3O2S/c1-15(2,3)21-10-13(19)18-12-7-5-4-6-11(12)14(20)17-9-8-16/h4-7H,8-10,16H2,1-3H3,(H,17,20)(H,18,19). The van der Waals surface area contributed by atoms with Crippen molar-refractivity contribution in [2.45, 2.75) is 25.5 Å². The predicted molar refractivity (Wildman–Crippen MR) is 88.7 cm³/mol. The van der Waals surface area contributed by atoms with Gasteiger partial charge in [0.15, 0.2) is 0 Å². The van der Waals surface area contributed by atoms with E-state index in [1.165, 1.54) is 0 Å². The minimum atomic E-state index is -0.236. The Morgan fingerprint density at radius 3 is 2.52 bits per heavy atom. The van der Waals surface area contributed by atoms with Crippen molar-refractivity contribution < 1.29 is 9.59 Å². The van der Waals surface area contributed by atoms with Gasteiger partial charge in [-0.3, -0.25) is 9.59 Å². The van der Waals surface area contributed by atoms with Crippen LogP contribution in [0.1, 0.15) is 31.1 Å². The molecule has 2 amide bonds. The Hall–Kier alpha value is -1.53. The Morgan fingerprint density at radius 2 is 1.90 bits per heavy atom. The highest BCUT2D eigenvalue weighted by atomic mass is 32.2. The Kier molecular flexibility index (Phi) is 6.71. The van der Waals surface area contributed by atoms with Crippen molar-refractivity contribution in [3.05, 3.63) is 29.8 Å². The van der Waals surface area contributed by atoms with Crippen molar-refractivity contribution in [2.75, 3.05) is 24.2 Å². The molecule has 5 nitrogen and oxygen atoms in total. The molecule has 0 saturated heterocycles. The van der Waals surface area contributed by atoms with E-state index >= 15 is 0 Å². The number of carbonyl (C=O) groups excluding carboxylic acids is 2. The first kappa shape index (κ1) is 17.5. The van der Waals surface area contributed by atoms with Crippen LogP contribution in [0.5, 0.6) is 0 Å². The van der Waals surface area contributed by atoms with E-state index < -0.39 is 0 Å². The molecule has 1 aromatic rings. The summed E-state index contributed by atoms with van der Waals surface area (Å²) in [4.78, 5) is 24.0. The number of anilines is 1. The molecule has 0 unspecified atom stereocenters. The summed E-state index contributed by atoms with van der Waals surface area (Å²) in [5.74, 6) is -0.00348.